The van der Waals surface area contributed by atoms with Gasteiger partial charge < -0.3 is 14.6 Å². The highest BCUT2D eigenvalue weighted by Crippen LogP contribution is 2.22. The van der Waals surface area contributed by atoms with E-state index in [1.54, 1.807) is 0 Å². The van der Waals surface area contributed by atoms with Crippen molar-refractivity contribution in [3.63, 3.8) is 0 Å². The average Bonchev–Trinajstić information content (AvgIpc) is 2.19. The Kier molecular flexibility index (Phi) is 3.37. The zero-order chi connectivity index (χ0) is 11.4. The highest BCUT2D eigenvalue weighted by molar-refractivity contribution is 5.69. The van der Waals surface area contributed by atoms with Crippen LogP contribution in [0, 0.1) is 5.82 Å². The second-order valence-electron chi connectivity index (χ2n) is 2.54. The Hall–Kier alpha value is -1.92. The first-order chi connectivity index (χ1) is 7.08. The van der Waals surface area contributed by atoms with Crippen LogP contribution >= 0.6 is 0 Å². The highest BCUT2D eigenvalue weighted by atomic mass is 19.1. The first-order valence-corrected chi connectivity index (χ1v) is 3.94. The molecule has 0 saturated carbocycles. The second kappa shape index (κ2) is 4.54. The molecule has 0 fully saturated rings. The van der Waals surface area contributed by atoms with Crippen molar-refractivity contribution in [1.82, 2.24) is 9.97 Å². The number of aromatic nitrogens is 2. The average molecular weight is 216 g/mol. The minimum Gasteiger partial charge on any atom is -0.481 e. The predicted molar refractivity (Wildman–Crippen MR) is 46.4 cm³/mol. The number of carboxylic acid groups (broad SMARTS) is 1. The van der Waals surface area contributed by atoms with Gasteiger partial charge in [-0.2, -0.15) is 14.4 Å². The maximum atomic E-state index is 13.3. The Morgan fingerprint density at radius 2 is 1.80 bits per heavy atom. The van der Waals surface area contributed by atoms with Gasteiger partial charge in [-0.3, -0.25) is 4.79 Å². The van der Waals surface area contributed by atoms with Gasteiger partial charge in [-0.1, -0.05) is 0 Å². The molecular weight excluding hydrogens is 207 g/mol. The van der Waals surface area contributed by atoms with Crippen molar-refractivity contribution in [2.45, 2.75) is 6.42 Å². The van der Waals surface area contributed by atoms with E-state index in [0.29, 0.717) is 0 Å². The molecule has 0 aliphatic carbocycles. The van der Waals surface area contributed by atoms with E-state index < -0.39 is 18.2 Å². The molecule has 1 heterocycles. The third-order valence-corrected chi connectivity index (χ3v) is 1.53. The fourth-order valence-corrected chi connectivity index (χ4v) is 0.934. The summed E-state index contributed by atoms with van der Waals surface area (Å²) in [7, 11) is 2.44. The molecule has 0 aliphatic heterocycles. The normalized spacial score (nSPS) is 9.80. The summed E-state index contributed by atoms with van der Waals surface area (Å²) in [6.07, 6.45) is -0.424. The van der Waals surface area contributed by atoms with E-state index in [0.717, 1.165) is 0 Å². The van der Waals surface area contributed by atoms with Crippen LogP contribution in [0.15, 0.2) is 0 Å². The van der Waals surface area contributed by atoms with E-state index in [2.05, 4.69) is 19.4 Å². The molecule has 0 radical (unpaired) electrons. The van der Waals surface area contributed by atoms with Gasteiger partial charge in [-0.05, 0) is 0 Å². The fourth-order valence-electron chi connectivity index (χ4n) is 0.934. The molecule has 1 aromatic rings. The lowest BCUT2D eigenvalue weighted by Crippen LogP contribution is -2.08. The summed E-state index contributed by atoms with van der Waals surface area (Å²) >= 11 is 0. The van der Waals surface area contributed by atoms with Crippen molar-refractivity contribution in [1.29, 1.82) is 0 Å². The van der Waals surface area contributed by atoms with Crippen molar-refractivity contribution in [2.24, 2.45) is 0 Å². The van der Waals surface area contributed by atoms with Crippen LogP contribution in [0.4, 0.5) is 4.39 Å². The van der Waals surface area contributed by atoms with Crippen molar-refractivity contribution >= 4 is 5.97 Å². The summed E-state index contributed by atoms with van der Waals surface area (Å²) in [6, 6.07) is 0. The third kappa shape index (κ3) is 2.52. The summed E-state index contributed by atoms with van der Waals surface area (Å²) in [4.78, 5) is 17.5. The topological polar surface area (TPSA) is 81.5 Å². The molecule has 0 atom stereocenters. The molecule has 1 aromatic heterocycles. The SMILES string of the molecule is COc1nc(CC(=O)O)nc(OC)c1F. The molecule has 0 saturated heterocycles. The minimum atomic E-state index is -1.12. The molecule has 0 aromatic carbocycles. The number of nitrogens with zero attached hydrogens (tertiary/aromatic N) is 2. The molecule has 82 valence electrons. The van der Waals surface area contributed by atoms with Gasteiger partial charge in [0.1, 0.15) is 12.2 Å². The molecule has 15 heavy (non-hydrogen) atoms. The number of methoxy groups -OCH3 is 2. The van der Waals surface area contributed by atoms with Crippen molar-refractivity contribution in [2.75, 3.05) is 14.2 Å². The van der Waals surface area contributed by atoms with Gasteiger partial charge in [-0.25, -0.2) is 0 Å². The van der Waals surface area contributed by atoms with Gasteiger partial charge in [-0.15, -0.1) is 0 Å². The largest absolute Gasteiger partial charge is 0.481 e. The molecule has 6 nitrogen and oxygen atoms in total. The van der Waals surface area contributed by atoms with E-state index >= 15 is 0 Å². The molecule has 0 unspecified atom stereocenters. The molecule has 0 aliphatic rings. The quantitative estimate of drug-likeness (QED) is 0.777. The van der Waals surface area contributed by atoms with Crippen LogP contribution in [-0.2, 0) is 11.2 Å². The lowest BCUT2D eigenvalue weighted by atomic mass is 10.4. The van der Waals surface area contributed by atoms with Crippen LogP contribution < -0.4 is 9.47 Å². The highest BCUT2D eigenvalue weighted by Gasteiger charge is 2.16. The van der Waals surface area contributed by atoms with E-state index in [4.69, 9.17) is 5.11 Å². The number of halogens is 1. The van der Waals surface area contributed by atoms with Gasteiger partial charge in [0, 0.05) is 0 Å². The summed E-state index contributed by atoms with van der Waals surface area (Å²) < 4.78 is 22.5. The van der Waals surface area contributed by atoms with Crippen LogP contribution in [-0.4, -0.2) is 35.3 Å². The lowest BCUT2D eigenvalue weighted by molar-refractivity contribution is -0.136. The zero-order valence-corrected chi connectivity index (χ0v) is 8.15. The zero-order valence-electron chi connectivity index (χ0n) is 8.15. The Bertz CT molecular complexity index is 358. The predicted octanol–water partition coefficient (Wildman–Crippen LogP) is 0.260. The van der Waals surface area contributed by atoms with Crippen LogP contribution in [0.1, 0.15) is 5.82 Å². The number of hydrogen-bond acceptors (Lipinski definition) is 5. The number of aliphatic carboxylic acids is 1. The summed E-state index contributed by atoms with van der Waals surface area (Å²) in [6.45, 7) is 0. The standard InChI is InChI=1S/C8H9FN2O4/c1-14-7-6(9)8(15-2)11-4(10-7)3-5(12)13/h3H2,1-2H3,(H,12,13). The molecular formula is C8H9FN2O4. The van der Waals surface area contributed by atoms with Crippen molar-refractivity contribution < 1.29 is 23.8 Å². The Morgan fingerprint density at radius 1 is 1.33 bits per heavy atom. The van der Waals surface area contributed by atoms with Crippen LogP contribution in [0.3, 0.4) is 0 Å². The Balaban J connectivity index is 3.14. The number of hydrogen-bond donors (Lipinski definition) is 1. The monoisotopic (exact) mass is 216 g/mol. The van der Waals surface area contributed by atoms with Crippen LogP contribution in [0.5, 0.6) is 11.8 Å². The third-order valence-electron chi connectivity index (χ3n) is 1.53. The van der Waals surface area contributed by atoms with E-state index in [1.165, 1.54) is 14.2 Å². The molecule has 0 amide bonds. The fraction of sp³-hybridized carbons (Fsp3) is 0.375. The molecule has 1 N–H and O–H groups in total. The second-order valence-corrected chi connectivity index (χ2v) is 2.54. The number of carbonyl (C=O) groups is 1. The van der Waals surface area contributed by atoms with Crippen LogP contribution in [0.25, 0.3) is 0 Å². The Morgan fingerprint density at radius 3 is 2.13 bits per heavy atom. The first-order valence-electron chi connectivity index (χ1n) is 3.94. The van der Waals surface area contributed by atoms with Gasteiger partial charge in [0.2, 0.25) is 5.82 Å². The maximum Gasteiger partial charge on any atom is 0.311 e. The molecule has 1 rings (SSSR count). The summed E-state index contributed by atoms with van der Waals surface area (Å²) in [5, 5.41) is 8.51. The molecule has 0 bridgehead atoms. The van der Waals surface area contributed by atoms with Crippen molar-refractivity contribution in [3.05, 3.63) is 11.6 Å². The molecule has 0 spiro atoms. The number of ether oxygens (including phenoxy) is 2. The number of rotatable bonds is 4. The molecule has 7 heteroatoms. The summed E-state index contributed by atoms with van der Waals surface area (Å²) in [5.74, 6) is -2.71. The van der Waals surface area contributed by atoms with E-state index in [-0.39, 0.29) is 17.6 Å². The maximum absolute atomic E-state index is 13.3. The van der Waals surface area contributed by atoms with E-state index in [1.807, 2.05) is 0 Å². The minimum absolute atomic E-state index is 0.0717. The van der Waals surface area contributed by atoms with Crippen LogP contribution in [0.2, 0.25) is 0 Å². The Labute approximate surface area is 84.7 Å². The van der Waals surface area contributed by atoms with Gasteiger partial charge in [0.15, 0.2) is 0 Å². The summed E-state index contributed by atoms with van der Waals surface area (Å²) in [5.41, 5.74) is 0. The van der Waals surface area contributed by atoms with Gasteiger partial charge in [0.05, 0.1) is 14.2 Å². The van der Waals surface area contributed by atoms with Gasteiger partial charge in [0.25, 0.3) is 11.8 Å². The van der Waals surface area contributed by atoms with Gasteiger partial charge >= 0.3 is 5.97 Å². The first kappa shape index (κ1) is 11.2. The smallest absolute Gasteiger partial charge is 0.311 e. The van der Waals surface area contributed by atoms with Crippen molar-refractivity contribution in [3.8, 4) is 11.8 Å². The lowest BCUT2D eigenvalue weighted by Gasteiger charge is -2.06. The number of carboxylic acids is 1. The van der Waals surface area contributed by atoms with E-state index in [9.17, 15) is 9.18 Å².